The molecule has 4 nitrogen and oxygen atoms in total. The molecule has 0 fully saturated rings. The molecule has 0 bridgehead atoms. The van der Waals surface area contributed by atoms with Crippen molar-refractivity contribution in [1.29, 1.82) is 0 Å². The van der Waals surface area contributed by atoms with E-state index in [2.05, 4.69) is 4.72 Å². The van der Waals surface area contributed by atoms with Crippen LogP contribution in [0.4, 0.5) is 0 Å². The Bertz CT molecular complexity index is 771. The molecule has 1 aliphatic rings. The molecule has 0 amide bonds. The third-order valence-corrected chi connectivity index (χ3v) is 5.08. The Morgan fingerprint density at radius 3 is 2.82 bits per heavy atom. The highest BCUT2D eigenvalue weighted by atomic mass is 32.2. The van der Waals surface area contributed by atoms with Crippen molar-refractivity contribution in [2.75, 3.05) is 6.61 Å². The fraction of sp³-hybridized carbons (Fsp3) is 0.294. The molecule has 2 aromatic carbocycles. The van der Waals surface area contributed by atoms with Crippen LogP contribution in [0.25, 0.3) is 0 Å². The van der Waals surface area contributed by atoms with Gasteiger partial charge in [-0.1, -0.05) is 48.0 Å². The molecular formula is C17H19NO3S. The molecule has 0 radical (unpaired) electrons. The quantitative estimate of drug-likeness (QED) is 0.943. The Balaban J connectivity index is 1.78. The summed E-state index contributed by atoms with van der Waals surface area (Å²) in [5.74, 6) is 0.755. The van der Waals surface area contributed by atoms with E-state index in [1.165, 1.54) is 0 Å². The first kappa shape index (κ1) is 15.1. The summed E-state index contributed by atoms with van der Waals surface area (Å²) in [5.41, 5.74) is 2.76. The second-order valence-electron chi connectivity index (χ2n) is 5.59. The topological polar surface area (TPSA) is 55.4 Å². The lowest BCUT2D eigenvalue weighted by Gasteiger charge is -2.26. The summed E-state index contributed by atoms with van der Waals surface area (Å²) in [7, 11) is -3.40. The predicted molar refractivity (Wildman–Crippen MR) is 86.2 cm³/mol. The van der Waals surface area contributed by atoms with Crippen LogP contribution in [0.3, 0.4) is 0 Å². The highest BCUT2D eigenvalue weighted by Gasteiger charge is 2.25. The second-order valence-corrected chi connectivity index (χ2v) is 7.35. The monoisotopic (exact) mass is 317 g/mol. The van der Waals surface area contributed by atoms with E-state index in [4.69, 9.17) is 4.74 Å². The molecule has 0 aromatic heterocycles. The molecule has 1 unspecified atom stereocenters. The van der Waals surface area contributed by atoms with Crippen molar-refractivity contribution in [1.82, 2.24) is 4.72 Å². The smallest absolute Gasteiger partial charge is 0.216 e. The molecular weight excluding hydrogens is 298 g/mol. The van der Waals surface area contributed by atoms with Crippen LogP contribution in [0, 0.1) is 6.92 Å². The van der Waals surface area contributed by atoms with Crippen LogP contribution in [-0.2, 0) is 15.8 Å². The van der Waals surface area contributed by atoms with Gasteiger partial charge in [-0.3, -0.25) is 0 Å². The number of hydrogen-bond acceptors (Lipinski definition) is 3. The molecule has 3 rings (SSSR count). The van der Waals surface area contributed by atoms with E-state index in [9.17, 15) is 8.42 Å². The summed E-state index contributed by atoms with van der Waals surface area (Å²) >= 11 is 0. The van der Waals surface area contributed by atoms with Gasteiger partial charge >= 0.3 is 0 Å². The largest absolute Gasteiger partial charge is 0.493 e. The molecule has 2 aromatic rings. The third kappa shape index (κ3) is 3.48. The predicted octanol–water partition coefficient (Wildman–Crippen LogP) is 2.94. The normalized spacial score (nSPS) is 17.6. The van der Waals surface area contributed by atoms with Gasteiger partial charge in [0.05, 0.1) is 18.4 Å². The summed E-state index contributed by atoms with van der Waals surface area (Å²) in [6.07, 6.45) is 0.643. The van der Waals surface area contributed by atoms with E-state index in [-0.39, 0.29) is 11.8 Å². The number of aryl methyl sites for hydroxylation is 1. The number of benzene rings is 2. The van der Waals surface area contributed by atoms with Crippen LogP contribution >= 0.6 is 0 Å². The number of ether oxygens (including phenoxy) is 1. The first-order valence-electron chi connectivity index (χ1n) is 7.31. The maximum Gasteiger partial charge on any atom is 0.216 e. The highest BCUT2D eigenvalue weighted by molar-refractivity contribution is 7.88. The Kier molecular flexibility index (Phi) is 4.18. The maximum absolute atomic E-state index is 12.4. The van der Waals surface area contributed by atoms with Crippen molar-refractivity contribution >= 4 is 10.0 Å². The highest BCUT2D eigenvalue weighted by Crippen LogP contribution is 2.32. The fourth-order valence-corrected chi connectivity index (χ4v) is 4.12. The van der Waals surface area contributed by atoms with Gasteiger partial charge in [-0.05, 0) is 18.6 Å². The van der Waals surface area contributed by atoms with Gasteiger partial charge in [0.2, 0.25) is 10.0 Å². The van der Waals surface area contributed by atoms with Gasteiger partial charge in [0.15, 0.2) is 0 Å². The van der Waals surface area contributed by atoms with E-state index in [0.29, 0.717) is 13.0 Å². The first-order chi connectivity index (χ1) is 10.5. The zero-order chi connectivity index (χ0) is 15.6. The summed E-state index contributed by atoms with van der Waals surface area (Å²) < 4.78 is 33.3. The van der Waals surface area contributed by atoms with Crippen LogP contribution < -0.4 is 9.46 Å². The average Bonchev–Trinajstić information content (AvgIpc) is 2.47. The maximum atomic E-state index is 12.4. The molecule has 22 heavy (non-hydrogen) atoms. The summed E-state index contributed by atoms with van der Waals surface area (Å²) in [6, 6.07) is 14.9. The zero-order valence-electron chi connectivity index (χ0n) is 12.5. The number of fused-ring (bicyclic) bond motifs is 1. The van der Waals surface area contributed by atoms with E-state index in [1.54, 1.807) is 0 Å². The number of rotatable bonds is 4. The van der Waals surface area contributed by atoms with Crippen molar-refractivity contribution in [2.45, 2.75) is 25.1 Å². The molecule has 5 heteroatoms. The molecule has 1 aliphatic heterocycles. The van der Waals surface area contributed by atoms with Gasteiger partial charge in [-0.15, -0.1) is 0 Å². The van der Waals surface area contributed by atoms with Gasteiger partial charge < -0.3 is 4.74 Å². The SMILES string of the molecule is Cc1cccc(CS(=O)(=O)NC2CCOc3ccccc32)c1. The summed E-state index contributed by atoms with van der Waals surface area (Å²) in [4.78, 5) is 0. The first-order valence-corrected chi connectivity index (χ1v) is 8.96. The van der Waals surface area contributed by atoms with Crippen LogP contribution in [0.15, 0.2) is 48.5 Å². The lowest BCUT2D eigenvalue weighted by Crippen LogP contribution is -2.33. The van der Waals surface area contributed by atoms with Gasteiger partial charge in [-0.2, -0.15) is 0 Å². The molecule has 1 N–H and O–H groups in total. The van der Waals surface area contributed by atoms with E-state index in [1.807, 2.05) is 55.5 Å². The molecule has 0 aliphatic carbocycles. The average molecular weight is 317 g/mol. The van der Waals surface area contributed by atoms with Gasteiger partial charge in [0.25, 0.3) is 0 Å². The molecule has 1 heterocycles. The molecule has 0 spiro atoms. The number of sulfonamides is 1. The minimum Gasteiger partial charge on any atom is -0.493 e. The Morgan fingerprint density at radius 2 is 2.00 bits per heavy atom. The lowest BCUT2D eigenvalue weighted by atomic mass is 10.0. The van der Waals surface area contributed by atoms with Gasteiger partial charge in [-0.25, -0.2) is 13.1 Å². The zero-order valence-corrected chi connectivity index (χ0v) is 13.3. The van der Waals surface area contributed by atoms with Crippen LogP contribution in [-0.4, -0.2) is 15.0 Å². The Morgan fingerprint density at radius 1 is 1.18 bits per heavy atom. The standard InChI is InChI=1S/C17H19NO3S/c1-13-5-4-6-14(11-13)12-22(19,20)18-16-9-10-21-17-8-3-2-7-15(16)17/h2-8,11,16,18H,9-10,12H2,1H3. The van der Waals surface area contributed by atoms with Gasteiger partial charge in [0, 0.05) is 12.0 Å². The fourth-order valence-electron chi connectivity index (χ4n) is 2.74. The molecule has 0 saturated carbocycles. The van der Waals surface area contributed by atoms with Crippen molar-refractivity contribution < 1.29 is 13.2 Å². The van der Waals surface area contributed by atoms with Crippen molar-refractivity contribution in [3.8, 4) is 5.75 Å². The van der Waals surface area contributed by atoms with Crippen LogP contribution in [0.5, 0.6) is 5.75 Å². The number of para-hydroxylation sites is 1. The van der Waals surface area contributed by atoms with E-state index < -0.39 is 10.0 Å². The van der Waals surface area contributed by atoms with Crippen molar-refractivity contribution in [2.24, 2.45) is 0 Å². The Hall–Kier alpha value is -1.85. The van der Waals surface area contributed by atoms with Crippen LogP contribution in [0.1, 0.15) is 29.2 Å². The number of nitrogens with one attached hydrogen (secondary N) is 1. The Labute approximate surface area is 131 Å². The van der Waals surface area contributed by atoms with E-state index >= 15 is 0 Å². The molecule has 116 valence electrons. The van der Waals surface area contributed by atoms with Gasteiger partial charge in [0.1, 0.15) is 5.75 Å². The van der Waals surface area contributed by atoms with Crippen molar-refractivity contribution in [3.63, 3.8) is 0 Å². The summed E-state index contributed by atoms with van der Waals surface area (Å²) in [5, 5.41) is 0. The van der Waals surface area contributed by atoms with Crippen LogP contribution in [0.2, 0.25) is 0 Å². The minimum atomic E-state index is -3.40. The lowest BCUT2D eigenvalue weighted by molar-refractivity contribution is 0.263. The second kappa shape index (κ2) is 6.10. The number of hydrogen-bond donors (Lipinski definition) is 1. The van der Waals surface area contributed by atoms with Crippen molar-refractivity contribution in [3.05, 3.63) is 65.2 Å². The minimum absolute atomic E-state index is 0.00575. The molecule has 0 saturated heterocycles. The van der Waals surface area contributed by atoms with E-state index in [0.717, 1.165) is 22.4 Å². The molecule has 1 atom stereocenters. The third-order valence-electron chi connectivity index (χ3n) is 3.72. The summed E-state index contributed by atoms with van der Waals surface area (Å²) in [6.45, 7) is 2.48.